The smallest absolute Gasteiger partial charge is 0.306 e. The average molecular weight is 357 g/mol. The Morgan fingerprint density at radius 3 is 1.44 bits per heavy atom. The molecule has 0 spiro atoms. The van der Waals surface area contributed by atoms with E-state index >= 15 is 4.11 Å². The number of halogens is 1. The molecule has 25 heavy (non-hydrogen) atoms. The van der Waals surface area contributed by atoms with E-state index in [1.165, 1.54) is 0 Å². The molecule has 0 saturated carbocycles. The summed E-state index contributed by atoms with van der Waals surface area (Å²) in [5.74, 6) is 0. The van der Waals surface area contributed by atoms with Crippen molar-refractivity contribution in [1.82, 2.24) is 5.09 Å². The van der Waals surface area contributed by atoms with Crippen LogP contribution in [0.2, 0.25) is 10.1 Å². The number of hydrazone groups is 1. The second-order valence-electron chi connectivity index (χ2n) is 8.46. The van der Waals surface area contributed by atoms with Crippen molar-refractivity contribution in [1.29, 1.82) is 0 Å². The summed E-state index contributed by atoms with van der Waals surface area (Å²) in [6.45, 7) is 11.7. The molecule has 2 aromatic carbocycles. The molecule has 1 N–H and O–H groups in total. The quantitative estimate of drug-likeness (QED) is 0.307. The number of rotatable bonds is 4. The van der Waals surface area contributed by atoms with E-state index in [1.807, 2.05) is 102 Å². The van der Waals surface area contributed by atoms with Gasteiger partial charge in [0.25, 0.3) is 0 Å². The van der Waals surface area contributed by atoms with Gasteiger partial charge in [-0.25, -0.2) is 0 Å². The summed E-state index contributed by atoms with van der Waals surface area (Å²) in [7, 11) is -3.42. The Hall–Kier alpha value is -1.94. The Kier molecular flexibility index (Phi) is 5.52. The van der Waals surface area contributed by atoms with Crippen molar-refractivity contribution in [3.05, 3.63) is 71.8 Å². The minimum atomic E-state index is -3.42. The zero-order chi connectivity index (χ0) is 18.7. The van der Waals surface area contributed by atoms with Crippen LogP contribution in [0.4, 0.5) is 4.11 Å². The molecule has 134 valence electrons. The van der Waals surface area contributed by atoms with Crippen molar-refractivity contribution in [3.63, 3.8) is 0 Å². The van der Waals surface area contributed by atoms with Gasteiger partial charge in [0.2, 0.25) is 0 Å². The first-order valence-corrected chi connectivity index (χ1v) is 10.6. The summed E-state index contributed by atoms with van der Waals surface area (Å²) in [6, 6.07) is 19.8. The Morgan fingerprint density at radius 2 is 1.12 bits per heavy atom. The highest BCUT2D eigenvalue weighted by molar-refractivity contribution is 6.76. The van der Waals surface area contributed by atoms with Gasteiger partial charge >= 0.3 is 8.57 Å². The fourth-order valence-electron chi connectivity index (χ4n) is 3.08. The van der Waals surface area contributed by atoms with Crippen LogP contribution in [-0.4, -0.2) is 14.3 Å². The predicted molar refractivity (Wildman–Crippen MR) is 108 cm³/mol. The van der Waals surface area contributed by atoms with E-state index in [9.17, 15) is 0 Å². The van der Waals surface area contributed by atoms with Crippen LogP contribution in [0, 0.1) is 0 Å². The molecule has 0 bridgehead atoms. The van der Waals surface area contributed by atoms with Crippen LogP contribution in [0.25, 0.3) is 0 Å². The largest absolute Gasteiger partial charge is 0.372 e. The van der Waals surface area contributed by atoms with Crippen LogP contribution in [-0.2, 0) is 0 Å². The Labute approximate surface area is 152 Å². The van der Waals surface area contributed by atoms with Crippen LogP contribution in [0.1, 0.15) is 52.7 Å². The van der Waals surface area contributed by atoms with Crippen molar-refractivity contribution < 1.29 is 4.11 Å². The minimum absolute atomic E-state index is 0.479. The van der Waals surface area contributed by atoms with E-state index in [0.717, 1.165) is 16.8 Å². The van der Waals surface area contributed by atoms with E-state index in [0.29, 0.717) is 0 Å². The first-order chi connectivity index (χ1) is 11.6. The molecule has 0 atom stereocenters. The van der Waals surface area contributed by atoms with Gasteiger partial charge in [0.05, 0.1) is 5.71 Å². The van der Waals surface area contributed by atoms with Gasteiger partial charge in [-0.2, -0.15) is 5.10 Å². The van der Waals surface area contributed by atoms with Crippen LogP contribution >= 0.6 is 0 Å². The molecule has 4 heteroatoms. The fourth-order valence-corrected chi connectivity index (χ4v) is 6.27. The molecular weight excluding hydrogens is 327 g/mol. The van der Waals surface area contributed by atoms with Gasteiger partial charge in [-0.15, -0.1) is 0 Å². The van der Waals surface area contributed by atoms with Gasteiger partial charge in [-0.1, -0.05) is 102 Å². The van der Waals surface area contributed by atoms with Crippen molar-refractivity contribution in [2.24, 2.45) is 5.10 Å². The Balaban J connectivity index is 2.51. The highest BCUT2D eigenvalue weighted by atomic mass is 28.4. The molecule has 0 heterocycles. The highest BCUT2D eigenvalue weighted by Gasteiger charge is 2.56. The lowest BCUT2D eigenvalue weighted by atomic mass is 10.0. The number of hydrogen-bond acceptors (Lipinski definition) is 2. The Bertz CT molecular complexity index is 658. The molecule has 0 radical (unpaired) electrons. The summed E-state index contributed by atoms with van der Waals surface area (Å²) >= 11 is 0. The lowest BCUT2D eigenvalue weighted by Gasteiger charge is -2.43. The molecule has 0 aromatic heterocycles. The molecule has 0 aliphatic rings. The van der Waals surface area contributed by atoms with Crippen molar-refractivity contribution >= 4 is 14.3 Å². The topological polar surface area (TPSA) is 24.4 Å². The van der Waals surface area contributed by atoms with Crippen molar-refractivity contribution in [3.8, 4) is 0 Å². The van der Waals surface area contributed by atoms with Crippen LogP contribution in [0.3, 0.4) is 0 Å². The second-order valence-corrected chi connectivity index (χ2v) is 13.0. The van der Waals surface area contributed by atoms with E-state index < -0.39 is 18.6 Å². The van der Waals surface area contributed by atoms with Crippen molar-refractivity contribution in [2.45, 2.75) is 51.6 Å². The minimum Gasteiger partial charge on any atom is -0.306 e. The van der Waals surface area contributed by atoms with E-state index in [-0.39, 0.29) is 0 Å². The van der Waals surface area contributed by atoms with Gasteiger partial charge in [0.1, 0.15) is 0 Å². The van der Waals surface area contributed by atoms with Crippen LogP contribution in [0.15, 0.2) is 65.8 Å². The summed E-state index contributed by atoms with van der Waals surface area (Å²) in [6.07, 6.45) is 0. The second kappa shape index (κ2) is 7.12. The SMILES string of the molecule is CC(C)(C)[Si](F)(NN=C(c1ccccc1)c1ccccc1)C(C)(C)C. The third-order valence-electron chi connectivity index (χ3n) is 4.48. The summed E-state index contributed by atoms with van der Waals surface area (Å²) in [5, 5.41) is 6.70. The maximum Gasteiger partial charge on any atom is 0.372 e. The molecule has 2 aromatic rings. The molecule has 0 saturated heterocycles. The molecule has 0 aliphatic carbocycles. The molecule has 2 rings (SSSR count). The zero-order valence-electron chi connectivity index (χ0n) is 16.1. The fraction of sp³-hybridized carbons (Fsp3) is 0.381. The predicted octanol–water partition coefficient (Wildman–Crippen LogP) is 6.04. The first kappa shape index (κ1) is 19.4. The van der Waals surface area contributed by atoms with Gasteiger partial charge in [0.15, 0.2) is 0 Å². The molecule has 0 aliphatic heterocycles. The van der Waals surface area contributed by atoms with Gasteiger partial charge in [0, 0.05) is 21.2 Å². The van der Waals surface area contributed by atoms with Gasteiger partial charge < -0.3 is 5.09 Å². The molecular formula is C21H29FN2Si. The maximum atomic E-state index is 16.1. The number of nitrogens with one attached hydrogen (secondary N) is 1. The lowest BCUT2D eigenvalue weighted by molar-refractivity contribution is 0.487. The van der Waals surface area contributed by atoms with Crippen molar-refractivity contribution in [2.75, 3.05) is 0 Å². The van der Waals surface area contributed by atoms with E-state index in [2.05, 4.69) is 10.2 Å². The third-order valence-corrected chi connectivity index (χ3v) is 9.04. The molecule has 0 fully saturated rings. The zero-order valence-corrected chi connectivity index (χ0v) is 17.1. The number of nitrogens with zero attached hydrogens (tertiary/aromatic N) is 1. The molecule has 2 nitrogen and oxygen atoms in total. The standard InChI is InChI=1S/C21H29FN2Si/c1-20(2,3)25(22,21(4,5)6)24-23-19(17-13-9-7-10-14-17)18-15-11-8-12-16-18/h7-16,24H,1-6H3. The normalized spacial score (nSPS) is 12.6. The number of benzene rings is 2. The monoisotopic (exact) mass is 356 g/mol. The summed E-state index contributed by atoms with van der Waals surface area (Å²) in [4.78, 5) is 0. The number of hydrogen-bond donors (Lipinski definition) is 1. The van der Waals surface area contributed by atoms with E-state index in [1.54, 1.807) is 0 Å². The van der Waals surface area contributed by atoms with Gasteiger partial charge in [-0.3, -0.25) is 4.11 Å². The third kappa shape index (κ3) is 4.18. The molecule has 0 unspecified atom stereocenters. The average Bonchev–Trinajstić information content (AvgIpc) is 2.55. The Morgan fingerprint density at radius 1 is 0.760 bits per heavy atom. The highest BCUT2D eigenvalue weighted by Crippen LogP contribution is 2.50. The van der Waals surface area contributed by atoms with Gasteiger partial charge in [-0.05, 0) is 0 Å². The lowest BCUT2D eigenvalue weighted by Crippen LogP contribution is -2.58. The summed E-state index contributed by atoms with van der Waals surface area (Å²) < 4.78 is 16.1. The van der Waals surface area contributed by atoms with Crippen LogP contribution < -0.4 is 5.09 Å². The summed E-state index contributed by atoms with van der Waals surface area (Å²) in [5.41, 5.74) is 2.71. The van der Waals surface area contributed by atoms with Crippen LogP contribution in [0.5, 0.6) is 0 Å². The first-order valence-electron chi connectivity index (χ1n) is 8.71. The maximum absolute atomic E-state index is 16.1. The van der Waals surface area contributed by atoms with E-state index in [4.69, 9.17) is 0 Å². The molecule has 0 amide bonds.